The number of amides is 1. The number of aromatic nitrogens is 2. The first-order valence-corrected chi connectivity index (χ1v) is 6.12. The van der Waals surface area contributed by atoms with E-state index < -0.39 is 0 Å². The summed E-state index contributed by atoms with van der Waals surface area (Å²) in [5, 5.41) is 6.36. The van der Waals surface area contributed by atoms with Gasteiger partial charge in [-0.05, 0) is 24.4 Å². The summed E-state index contributed by atoms with van der Waals surface area (Å²) in [4.78, 5) is 19.0. The molecule has 1 aliphatic rings. The van der Waals surface area contributed by atoms with E-state index in [0.717, 1.165) is 12.8 Å². The van der Waals surface area contributed by atoms with Gasteiger partial charge in [0.1, 0.15) is 10.8 Å². The third-order valence-electron chi connectivity index (χ3n) is 2.30. The van der Waals surface area contributed by atoms with Gasteiger partial charge in [0, 0.05) is 19.0 Å². The molecule has 5 nitrogen and oxygen atoms in total. The third kappa shape index (κ3) is 4.02. The lowest BCUT2D eigenvalue weighted by Crippen LogP contribution is -2.27. The minimum atomic E-state index is 0.0382. The van der Waals surface area contributed by atoms with Gasteiger partial charge in [-0.1, -0.05) is 11.6 Å². The molecule has 1 heterocycles. The summed E-state index contributed by atoms with van der Waals surface area (Å²) in [6.07, 6.45) is 3.98. The Morgan fingerprint density at radius 2 is 2.24 bits per heavy atom. The van der Waals surface area contributed by atoms with Crippen LogP contribution in [0.1, 0.15) is 19.3 Å². The molecule has 17 heavy (non-hydrogen) atoms. The number of nitrogens with one attached hydrogen (secondary N) is 2. The van der Waals surface area contributed by atoms with Crippen LogP contribution in [0.15, 0.2) is 6.20 Å². The Morgan fingerprint density at radius 3 is 2.94 bits per heavy atom. The molecular formula is C10H12Cl2N4O. The molecule has 0 saturated heterocycles. The Bertz CT molecular complexity index is 423. The topological polar surface area (TPSA) is 66.9 Å². The van der Waals surface area contributed by atoms with Crippen LogP contribution in [0.25, 0.3) is 0 Å². The van der Waals surface area contributed by atoms with Crippen LogP contribution in [0.4, 0.5) is 5.82 Å². The molecule has 0 aliphatic heterocycles. The first-order chi connectivity index (χ1) is 8.15. The summed E-state index contributed by atoms with van der Waals surface area (Å²) in [6.45, 7) is 0.464. The molecule has 0 unspecified atom stereocenters. The highest BCUT2D eigenvalue weighted by atomic mass is 35.5. The average molecular weight is 275 g/mol. The van der Waals surface area contributed by atoms with Crippen LogP contribution in [0.3, 0.4) is 0 Å². The highest BCUT2D eigenvalue weighted by Crippen LogP contribution is 2.20. The molecule has 1 saturated carbocycles. The van der Waals surface area contributed by atoms with Crippen LogP contribution in [0.5, 0.6) is 0 Å². The lowest BCUT2D eigenvalue weighted by Gasteiger charge is -2.07. The number of hydrogen-bond acceptors (Lipinski definition) is 4. The monoisotopic (exact) mass is 274 g/mol. The van der Waals surface area contributed by atoms with Crippen molar-refractivity contribution < 1.29 is 4.79 Å². The van der Waals surface area contributed by atoms with Crippen LogP contribution in [0.2, 0.25) is 10.3 Å². The van der Waals surface area contributed by atoms with Crippen molar-refractivity contribution in [1.29, 1.82) is 0 Å². The smallest absolute Gasteiger partial charge is 0.224 e. The molecule has 1 amide bonds. The van der Waals surface area contributed by atoms with Crippen molar-refractivity contribution >= 4 is 34.9 Å². The van der Waals surface area contributed by atoms with E-state index in [0.29, 0.717) is 29.8 Å². The number of hydrogen-bond donors (Lipinski definition) is 2. The highest BCUT2D eigenvalue weighted by Gasteiger charge is 2.22. The molecule has 2 rings (SSSR count). The summed E-state index contributed by atoms with van der Waals surface area (Å²) in [5.74, 6) is 0.488. The maximum atomic E-state index is 11.4. The number of carbonyl (C=O) groups is 1. The van der Waals surface area contributed by atoms with E-state index in [2.05, 4.69) is 20.6 Å². The van der Waals surface area contributed by atoms with E-state index in [4.69, 9.17) is 23.2 Å². The lowest BCUT2D eigenvalue weighted by atomic mass is 10.4. The number of anilines is 1. The largest absolute Gasteiger partial charge is 0.368 e. The normalized spacial score (nSPS) is 14.5. The Hall–Kier alpha value is -1.07. The summed E-state index contributed by atoms with van der Waals surface area (Å²) >= 11 is 11.5. The Labute approximate surface area is 109 Å². The minimum Gasteiger partial charge on any atom is -0.368 e. The number of halogens is 2. The van der Waals surface area contributed by atoms with Crippen molar-refractivity contribution in [2.45, 2.75) is 25.3 Å². The molecule has 92 valence electrons. The number of carbonyl (C=O) groups excluding carboxylic acids is 1. The fourth-order valence-corrected chi connectivity index (χ4v) is 1.58. The van der Waals surface area contributed by atoms with Gasteiger partial charge in [0.25, 0.3) is 0 Å². The molecule has 1 aromatic heterocycles. The number of rotatable bonds is 5. The molecule has 0 atom stereocenters. The second-order valence-electron chi connectivity index (χ2n) is 3.85. The van der Waals surface area contributed by atoms with Gasteiger partial charge in [0.15, 0.2) is 0 Å². The van der Waals surface area contributed by atoms with E-state index in [-0.39, 0.29) is 11.2 Å². The average Bonchev–Trinajstić information content (AvgIpc) is 3.07. The van der Waals surface area contributed by atoms with Crippen molar-refractivity contribution in [2.24, 2.45) is 0 Å². The van der Waals surface area contributed by atoms with Crippen molar-refractivity contribution in [3.8, 4) is 0 Å². The summed E-state index contributed by atoms with van der Waals surface area (Å²) in [7, 11) is 0. The molecule has 7 heteroatoms. The van der Waals surface area contributed by atoms with E-state index in [9.17, 15) is 4.79 Å². The summed E-state index contributed by atoms with van der Waals surface area (Å²) in [5.41, 5.74) is 0. The van der Waals surface area contributed by atoms with Gasteiger partial charge in [-0.25, -0.2) is 4.98 Å². The second-order valence-corrected chi connectivity index (χ2v) is 4.60. The summed E-state index contributed by atoms with van der Waals surface area (Å²) in [6, 6.07) is 0.389. The van der Waals surface area contributed by atoms with Gasteiger partial charge in [0.2, 0.25) is 11.2 Å². The zero-order valence-corrected chi connectivity index (χ0v) is 10.6. The van der Waals surface area contributed by atoms with Crippen LogP contribution in [-0.4, -0.2) is 28.5 Å². The van der Waals surface area contributed by atoms with Gasteiger partial charge in [-0.2, -0.15) is 4.98 Å². The van der Waals surface area contributed by atoms with Crippen molar-refractivity contribution in [3.05, 3.63) is 16.5 Å². The molecule has 1 aromatic rings. The molecule has 0 aromatic carbocycles. The van der Waals surface area contributed by atoms with Crippen LogP contribution in [-0.2, 0) is 4.79 Å². The van der Waals surface area contributed by atoms with Gasteiger partial charge in [-0.3, -0.25) is 4.79 Å². The van der Waals surface area contributed by atoms with Crippen molar-refractivity contribution in [2.75, 3.05) is 11.9 Å². The molecule has 0 bridgehead atoms. The van der Waals surface area contributed by atoms with Crippen LogP contribution < -0.4 is 10.6 Å². The molecular weight excluding hydrogens is 263 g/mol. The first-order valence-electron chi connectivity index (χ1n) is 5.36. The zero-order chi connectivity index (χ0) is 12.3. The minimum absolute atomic E-state index is 0.0382. The molecule has 1 fully saturated rings. The molecule has 2 N–H and O–H groups in total. The maximum absolute atomic E-state index is 11.4. The quantitative estimate of drug-likeness (QED) is 0.805. The standard InChI is InChI=1S/C10H12Cl2N4O/c11-7-5-14-10(12)16-9(7)13-4-3-8(17)15-6-1-2-6/h5-6H,1-4H2,(H,15,17)(H,13,14,16). The SMILES string of the molecule is O=C(CCNc1nc(Cl)ncc1Cl)NC1CC1. The van der Waals surface area contributed by atoms with Gasteiger partial charge >= 0.3 is 0 Å². The van der Waals surface area contributed by atoms with Crippen molar-refractivity contribution in [3.63, 3.8) is 0 Å². The number of nitrogens with zero attached hydrogens (tertiary/aromatic N) is 2. The van der Waals surface area contributed by atoms with Crippen molar-refractivity contribution in [1.82, 2.24) is 15.3 Å². The van der Waals surface area contributed by atoms with E-state index in [1.807, 2.05) is 0 Å². The zero-order valence-electron chi connectivity index (χ0n) is 9.04. The fourth-order valence-electron chi connectivity index (χ4n) is 1.29. The van der Waals surface area contributed by atoms with E-state index in [1.54, 1.807) is 0 Å². The van der Waals surface area contributed by atoms with Crippen LogP contribution >= 0.6 is 23.2 Å². The first kappa shape index (κ1) is 12.4. The fraction of sp³-hybridized carbons (Fsp3) is 0.500. The van der Waals surface area contributed by atoms with E-state index in [1.165, 1.54) is 6.20 Å². The highest BCUT2D eigenvalue weighted by molar-refractivity contribution is 6.33. The second kappa shape index (κ2) is 5.51. The summed E-state index contributed by atoms with van der Waals surface area (Å²) < 4.78 is 0. The third-order valence-corrected chi connectivity index (χ3v) is 2.76. The van der Waals surface area contributed by atoms with Gasteiger partial charge in [-0.15, -0.1) is 0 Å². The van der Waals surface area contributed by atoms with Gasteiger partial charge in [0.05, 0.1) is 6.20 Å². The van der Waals surface area contributed by atoms with Crippen LogP contribution in [0, 0.1) is 0 Å². The predicted molar refractivity (Wildman–Crippen MR) is 66.3 cm³/mol. The maximum Gasteiger partial charge on any atom is 0.224 e. The molecule has 0 radical (unpaired) electrons. The Morgan fingerprint density at radius 1 is 1.47 bits per heavy atom. The molecule has 0 spiro atoms. The van der Waals surface area contributed by atoms with E-state index >= 15 is 0 Å². The Balaban J connectivity index is 1.76. The lowest BCUT2D eigenvalue weighted by molar-refractivity contribution is -0.120. The molecule has 1 aliphatic carbocycles. The predicted octanol–water partition coefficient (Wildman–Crippen LogP) is 1.86. The van der Waals surface area contributed by atoms with Gasteiger partial charge < -0.3 is 10.6 Å². The Kier molecular flexibility index (Phi) is 4.02.